The molecule has 94 valence electrons. The van der Waals surface area contributed by atoms with Gasteiger partial charge in [-0.05, 0) is 44.6 Å². The van der Waals surface area contributed by atoms with E-state index in [1.807, 2.05) is 0 Å². The Morgan fingerprint density at radius 2 is 2.35 bits per heavy atom. The van der Waals surface area contributed by atoms with Crippen molar-refractivity contribution in [2.24, 2.45) is 5.92 Å². The van der Waals surface area contributed by atoms with Crippen LogP contribution in [0, 0.1) is 5.92 Å². The van der Waals surface area contributed by atoms with E-state index in [4.69, 9.17) is 5.73 Å². The molecule has 0 amide bonds. The van der Waals surface area contributed by atoms with Gasteiger partial charge in [0.15, 0.2) is 5.13 Å². The molecule has 0 saturated heterocycles. The lowest BCUT2D eigenvalue weighted by Gasteiger charge is -2.38. The van der Waals surface area contributed by atoms with Crippen LogP contribution in [0.1, 0.15) is 43.2 Å². The van der Waals surface area contributed by atoms with Crippen LogP contribution >= 0.6 is 11.3 Å². The zero-order valence-corrected chi connectivity index (χ0v) is 11.3. The van der Waals surface area contributed by atoms with Gasteiger partial charge in [-0.2, -0.15) is 0 Å². The largest absolute Gasteiger partial charge is 0.375 e. The van der Waals surface area contributed by atoms with Crippen LogP contribution in [0.3, 0.4) is 0 Å². The maximum atomic E-state index is 5.83. The van der Waals surface area contributed by atoms with Gasteiger partial charge in [-0.25, -0.2) is 4.98 Å². The minimum Gasteiger partial charge on any atom is -0.375 e. The van der Waals surface area contributed by atoms with Crippen molar-refractivity contribution in [3.63, 3.8) is 0 Å². The van der Waals surface area contributed by atoms with Crippen LogP contribution in [0.25, 0.3) is 0 Å². The van der Waals surface area contributed by atoms with Gasteiger partial charge >= 0.3 is 0 Å². The molecule has 1 unspecified atom stereocenters. The molecule has 3 rings (SSSR count). The van der Waals surface area contributed by atoms with Gasteiger partial charge in [-0.3, -0.25) is 0 Å². The van der Waals surface area contributed by atoms with Gasteiger partial charge in [-0.15, -0.1) is 11.3 Å². The Morgan fingerprint density at radius 1 is 1.53 bits per heavy atom. The maximum Gasteiger partial charge on any atom is 0.180 e. The fraction of sp³-hybridized carbons (Fsp3) is 0.769. The monoisotopic (exact) mass is 251 g/mol. The van der Waals surface area contributed by atoms with Gasteiger partial charge in [0.1, 0.15) is 0 Å². The second-order valence-corrected chi connectivity index (χ2v) is 6.57. The van der Waals surface area contributed by atoms with Crippen LogP contribution in [0.15, 0.2) is 0 Å². The molecule has 0 aliphatic heterocycles. The van der Waals surface area contributed by atoms with Crippen molar-refractivity contribution in [3.8, 4) is 0 Å². The molecule has 3 nitrogen and oxygen atoms in total. The van der Waals surface area contributed by atoms with Crippen LogP contribution in [0.5, 0.6) is 0 Å². The number of anilines is 1. The number of aromatic nitrogens is 1. The topological polar surface area (TPSA) is 50.9 Å². The SMILES string of the molecule is CCCNC1(C2CC2)CCc2nc(N)sc2C1. The predicted molar refractivity (Wildman–Crippen MR) is 72.3 cm³/mol. The van der Waals surface area contributed by atoms with Crippen molar-refractivity contribution >= 4 is 16.5 Å². The number of aryl methyl sites for hydroxylation is 1. The first-order valence-electron chi connectivity index (χ1n) is 6.72. The van der Waals surface area contributed by atoms with Gasteiger partial charge in [0, 0.05) is 16.8 Å². The van der Waals surface area contributed by atoms with E-state index in [-0.39, 0.29) is 0 Å². The fourth-order valence-corrected chi connectivity index (χ4v) is 4.11. The first-order chi connectivity index (χ1) is 8.23. The van der Waals surface area contributed by atoms with Crippen molar-refractivity contribution in [3.05, 3.63) is 10.6 Å². The minimum absolute atomic E-state index is 0.363. The highest BCUT2D eigenvalue weighted by molar-refractivity contribution is 7.15. The Kier molecular flexibility index (Phi) is 2.87. The molecule has 0 radical (unpaired) electrons. The van der Waals surface area contributed by atoms with Crippen molar-refractivity contribution in [2.45, 2.75) is 51.0 Å². The normalized spacial score (nSPS) is 28.1. The Bertz CT molecular complexity index is 411. The molecule has 2 aliphatic carbocycles. The van der Waals surface area contributed by atoms with E-state index in [0.717, 1.165) is 30.4 Å². The molecule has 1 aromatic rings. The molecular weight excluding hydrogens is 230 g/mol. The van der Waals surface area contributed by atoms with Gasteiger partial charge in [0.25, 0.3) is 0 Å². The number of hydrogen-bond donors (Lipinski definition) is 2. The van der Waals surface area contributed by atoms with Crippen LogP contribution in [-0.2, 0) is 12.8 Å². The van der Waals surface area contributed by atoms with Crippen LogP contribution in [-0.4, -0.2) is 17.1 Å². The average molecular weight is 251 g/mol. The van der Waals surface area contributed by atoms with Crippen molar-refractivity contribution in [1.29, 1.82) is 0 Å². The number of fused-ring (bicyclic) bond motifs is 1. The van der Waals surface area contributed by atoms with Gasteiger partial charge in [0.2, 0.25) is 0 Å². The molecule has 0 bridgehead atoms. The summed E-state index contributed by atoms with van der Waals surface area (Å²) in [7, 11) is 0. The fourth-order valence-electron chi connectivity index (χ4n) is 3.11. The molecule has 1 heterocycles. The molecule has 1 fully saturated rings. The van der Waals surface area contributed by atoms with E-state index in [2.05, 4.69) is 17.2 Å². The molecule has 1 aromatic heterocycles. The summed E-state index contributed by atoms with van der Waals surface area (Å²) in [5.74, 6) is 0.894. The Hall–Kier alpha value is -0.610. The number of nitrogens with one attached hydrogen (secondary N) is 1. The van der Waals surface area contributed by atoms with Crippen molar-refractivity contribution in [1.82, 2.24) is 10.3 Å². The van der Waals surface area contributed by atoms with E-state index < -0.39 is 0 Å². The molecule has 1 saturated carbocycles. The highest BCUT2D eigenvalue weighted by Gasteiger charge is 2.46. The standard InChI is InChI=1S/C13H21N3S/c1-2-7-15-13(9-3-4-9)6-5-10-11(8-13)17-12(14)16-10/h9,15H,2-8H2,1H3,(H2,14,16). The van der Waals surface area contributed by atoms with E-state index in [9.17, 15) is 0 Å². The molecule has 3 N–H and O–H groups in total. The lowest BCUT2D eigenvalue weighted by atomic mass is 9.79. The number of thiazole rings is 1. The lowest BCUT2D eigenvalue weighted by Crippen LogP contribution is -2.51. The third-order valence-electron chi connectivity index (χ3n) is 4.16. The third-order valence-corrected chi connectivity index (χ3v) is 5.09. The highest BCUT2D eigenvalue weighted by Crippen LogP contribution is 2.47. The summed E-state index contributed by atoms with van der Waals surface area (Å²) >= 11 is 1.70. The summed E-state index contributed by atoms with van der Waals surface area (Å²) in [6.07, 6.45) is 7.53. The van der Waals surface area contributed by atoms with E-state index in [0.29, 0.717) is 5.54 Å². The second kappa shape index (κ2) is 4.25. The van der Waals surface area contributed by atoms with Crippen molar-refractivity contribution in [2.75, 3.05) is 12.3 Å². The van der Waals surface area contributed by atoms with E-state index in [1.165, 1.54) is 36.3 Å². The Morgan fingerprint density at radius 3 is 3.06 bits per heavy atom. The number of rotatable bonds is 4. The quantitative estimate of drug-likeness (QED) is 0.863. The predicted octanol–water partition coefficient (Wildman–Crippen LogP) is 2.36. The zero-order chi connectivity index (χ0) is 11.9. The molecule has 0 spiro atoms. The summed E-state index contributed by atoms with van der Waals surface area (Å²) in [6.45, 7) is 3.38. The number of nitrogen functional groups attached to an aromatic ring is 1. The molecule has 17 heavy (non-hydrogen) atoms. The van der Waals surface area contributed by atoms with Gasteiger partial charge < -0.3 is 11.1 Å². The summed E-state index contributed by atoms with van der Waals surface area (Å²) in [6, 6.07) is 0. The minimum atomic E-state index is 0.363. The number of hydrogen-bond acceptors (Lipinski definition) is 4. The van der Waals surface area contributed by atoms with E-state index in [1.54, 1.807) is 11.3 Å². The zero-order valence-electron chi connectivity index (χ0n) is 10.5. The highest BCUT2D eigenvalue weighted by atomic mass is 32.1. The summed E-state index contributed by atoms with van der Waals surface area (Å²) < 4.78 is 0. The second-order valence-electron chi connectivity index (χ2n) is 5.46. The maximum absolute atomic E-state index is 5.83. The summed E-state index contributed by atoms with van der Waals surface area (Å²) in [4.78, 5) is 5.88. The van der Waals surface area contributed by atoms with Crippen molar-refractivity contribution < 1.29 is 0 Å². The Balaban J connectivity index is 1.82. The molecule has 1 atom stereocenters. The smallest absolute Gasteiger partial charge is 0.180 e. The van der Waals surface area contributed by atoms with E-state index >= 15 is 0 Å². The van der Waals surface area contributed by atoms with Crippen LogP contribution < -0.4 is 11.1 Å². The number of nitrogens with zero attached hydrogens (tertiary/aromatic N) is 1. The van der Waals surface area contributed by atoms with Gasteiger partial charge in [0.05, 0.1) is 5.69 Å². The summed E-state index contributed by atoms with van der Waals surface area (Å²) in [5.41, 5.74) is 7.45. The third kappa shape index (κ3) is 2.08. The summed E-state index contributed by atoms with van der Waals surface area (Å²) in [5, 5.41) is 4.58. The first kappa shape index (κ1) is 11.5. The lowest BCUT2D eigenvalue weighted by molar-refractivity contribution is 0.248. The average Bonchev–Trinajstić information content (AvgIpc) is 3.09. The molecule has 2 aliphatic rings. The van der Waals surface area contributed by atoms with Gasteiger partial charge in [-0.1, -0.05) is 6.92 Å². The molecule has 0 aromatic carbocycles. The number of nitrogens with two attached hydrogens (primary N) is 1. The molecule has 4 heteroatoms. The first-order valence-corrected chi connectivity index (χ1v) is 7.54. The van der Waals surface area contributed by atoms with Crippen LogP contribution in [0.4, 0.5) is 5.13 Å². The van der Waals surface area contributed by atoms with Crippen LogP contribution in [0.2, 0.25) is 0 Å². The molecular formula is C13H21N3S. The Labute approximate surface area is 107 Å².